The van der Waals surface area contributed by atoms with Gasteiger partial charge in [-0.15, -0.1) is 0 Å². The highest BCUT2D eigenvalue weighted by Crippen LogP contribution is 2.39. The maximum Gasteiger partial charge on any atom is 0.124 e. The summed E-state index contributed by atoms with van der Waals surface area (Å²) in [4.78, 5) is 0. The normalized spacial score (nSPS) is 30.1. The number of piperidine rings is 1. The zero-order chi connectivity index (χ0) is 13.1. The molecule has 1 aliphatic carbocycles. The fraction of sp³-hybridized carbons (Fsp3) is 0.647. The first kappa shape index (κ1) is 13.0. The number of rotatable bonds is 4. The molecular weight excluding hydrogens is 234 g/mol. The van der Waals surface area contributed by atoms with Crippen molar-refractivity contribution in [2.45, 2.75) is 57.5 Å². The smallest absolute Gasteiger partial charge is 0.124 e. The van der Waals surface area contributed by atoms with Crippen molar-refractivity contribution < 1.29 is 4.74 Å². The molecule has 3 rings (SSSR count). The predicted molar refractivity (Wildman–Crippen MR) is 78.5 cm³/mol. The summed E-state index contributed by atoms with van der Waals surface area (Å²) in [6.07, 6.45) is 7.90. The molecule has 1 aliphatic heterocycles. The van der Waals surface area contributed by atoms with Gasteiger partial charge in [0.1, 0.15) is 5.75 Å². The number of ether oxygens (including phenoxy) is 1. The van der Waals surface area contributed by atoms with E-state index >= 15 is 0 Å². The molecule has 1 aromatic rings. The van der Waals surface area contributed by atoms with Crippen LogP contribution in [0.1, 0.15) is 57.1 Å². The Bertz CT molecular complexity index is 417. The SMILES string of the molecule is CCCOc1ccccc1C1CCC2CCCC2N1. The van der Waals surface area contributed by atoms with Gasteiger partial charge in [0.25, 0.3) is 0 Å². The van der Waals surface area contributed by atoms with Gasteiger partial charge in [0, 0.05) is 17.6 Å². The van der Waals surface area contributed by atoms with Crippen molar-refractivity contribution in [3.05, 3.63) is 29.8 Å². The van der Waals surface area contributed by atoms with Gasteiger partial charge in [-0.05, 0) is 44.1 Å². The van der Waals surface area contributed by atoms with Crippen LogP contribution in [0, 0.1) is 5.92 Å². The first-order valence-corrected chi connectivity index (χ1v) is 7.86. The topological polar surface area (TPSA) is 21.3 Å². The molecule has 1 aromatic carbocycles. The van der Waals surface area contributed by atoms with E-state index in [1.165, 1.54) is 37.7 Å². The van der Waals surface area contributed by atoms with Gasteiger partial charge in [0.2, 0.25) is 0 Å². The molecule has 2 nitrogen and oxygen atoms in total. The highest BCUT2D eigenvalue weighted by Gasteiger charge is 2.34. The lowest BCUT2D eigenvalue weighted by atomic mass is 9.87. The molecule has 104 valence electrons. The molecule has 1 saturated heterocycles. The predicted octanol–water partition coefficient (Wildman–Crippen LogP) is 4.07. The van der Waals surface area contributed by atoms with Crippen LogP contribution >= 0.6 is 0 Å². The largest absolute Gasteiger partial charge is 0.493 e. The Morgan fingerprint density at radius 3 is 2.95 bits per heavy atom. The van der Waals surface area contributed by atoms with Crippen molar-refractivity contribution in [1.29, 1.82) is 0 Å². The van der Waals surface area contributed by atoms with Gasteiger partial charge in [-0.2, -0.15) is 0 Å². The van der Waals surface area contributed by atoms with Gasteiger partial charge >= 0.3 is 0 Å². The number of fused-ring (bicyclic) bond motifs is 1. The molecule has 0 aromatic heterocycles. The molecule has 1 heterocycles. The van der Waals surface area contributed by atoms with E-state index in [0.29, 0.717) is 6.04 Å². The minimum atomic E-state index is 0.493. The zero-order valence-corrected chi connectivity index (χ0v) is 11.9. The number of hydrogen-bond acceptors (Lipinski definition) is 2. The van der Waals surface area contributed by atoms with Crippen LogP contribution in [0.15, 0.2) is 24.3 Å². The summed E-state index contributed by atoms with van der Waals surface area (Å²) in [5.74, 6) is 2.01. The molecule has 1 N–H and O–H groups in total. The van der Waals surface area contributed by atoms with Crippen LogP contribution in [0.5, 0.6) is 5.75 Å². The van der Waals surface area contributed by atoms with E-state index in [2.05, 4.69) is 36.5 Å². The molecule has 2 aliphatic rings. The van der Waals surface area contributed by atoms with Crippen molar-refractivity contribution in [1.82, 2.24) is 5.32 Å². The Balaban J connectivity index is 1.74. The van der Waals surface area contributed by atoms with E-state index in [4.69, 9.17) is 4.74 Å². The van der Waals surface area contributed by atoms with E-state index in [9.17, 15) is 0 Å². The molecule has 0 radical (unpaired) electrons. The second kappa shape index (κ2) is 5.96. The lowest BCUT2D eigenvalue weighted by Crippen LogP contribution is -2.40. The fourth-order valence-corrected chi connectivity index (χ4v) is 3.68. The Morgan fingerprint density at radius 2 is 2.05 bits per heavy atom. The molecule has 2 fully saturated rings. The van der Waals surface area contributed by atoms with E-state index in [0.717, 1.165) is 30.7 Å². The van der Waals surface area contributed by atoms with Gasteiger partial charge < -0.3 is 10.1 Å². The standard InChI is InChI=1S/C17H25NO/c1-2-12-19-17-9-4-3-7-14(17)16-11-10-13-6-5-8-15(13)18-16/h3-4,7,9,13,15-16,18H,2,5-6,8,10-12H2,1H3. The van der Waals surface area contributed by atoms with E-state index in [-0.39, 0.29) is 0 Å². The van der Waals surface area contributed by atoms with E-state index in [1.54, 1.807) is 0 Å². The average Bonchev–Trinajstić information content (AvgIpc) is 2.92. The minimum Gasteiger partial charge on any atom is -0.493 e. The molecule has 0 amide bonds. The quantitative estimate of drug-likeness (QED) is 0.880. The number of nitrogens with one attached hydrogen (secondary N) is 1. The summed E-state index contributed by atoms with van der Waals surface area (Å²) < 4.78 is 5.91. The Kier molecular flexibility index (Phi) is 4.07. The number of para-hydroxylation sites is 1. The maximum atomic E-state index is 5.91. The summed E-state index contributed by atoms with van der Waals surface area (Å²) in [7, 11) is 0. The summed E-state index contributed by atoms with van der Waals surface area (Å²) in [6, 6.07) is 9.81. The van der Waals surface area contributed by atoms with Gasteiger partial charge in [0.05, 0.1) is 6.61 Å². The van der Waals surface area contributed by atoms with Crippen molar-refractivity contribution >= 4 is 0 Å². The second-order valence-electron chi connectivity index (χ2n) is 5.98. The molecule has 2 heteroatoms. The molecule has 19 heavy (non-hydrogen) atoms. The third kappa shape index (κ3) is 2.79. The average molecular weight is 259 g/mol. The van der Waals surface area contributed by atoms with E-state index in [1.807, 2.05) is 0 Å². The van der Waals surface area contributed by atoms with Crippen molar-refractivity contribution in [2.24, 2.45) is 5.92 Å². The summed E-state index contributed by atoms with van der Waals surface area (Å²) in [5.41, 5.74) is 1.36. The van der Waals surface area contributed by atoms with Crippen LogP contribution in [0.3, 0.4) is 0 Å². The maximum absolute atomic E-state index is 5.91. The van der Waals surface area contributed by atoms with Gasteiger partial charge in [-0.3, -0.25) is 0 Å². The third-order valence-corrected chi connectivity index (χ3v) is 4.66. The molecular formula is C17H25NO. The van der Waals surface area contributed by atoms with E-state index < -0.39 is 0 Å². The zero-order valence-electron chi connectivity index (χ0n) is 11.9. The van der Waals surface area contributed by atoms with Gasteiger partial charge in [0.15, 0.2) is 0 Å². The summed E-state index contributed by atoms with van der Waals surface area (Å²) in [5, 5.41) is 3.87. The summed E-state index contributed by atoms with van der Waals surface area (Å²) in [6.45, 7) is 2.97. The highest BCUT2D eigenvalue weighted by molar-refractivity contribution is 5.36. The van der Waals surface area contributed by atoms with Crippen LogP contribution in [-0.4, -0.2) is 12.6 Å². The number of hydrogen-bond donors (Lipinski definition) is 1. The van der Waals surface area contributed by atoms with Crippen molar-refractivity contribution in [3.63, 3.8) is 0 Å². The molecule has 0 spiro atoms. The molecule has 3 unspecified atom stereocenters. The molecule has 0 bridgehead atoms. The molecule has 3 atom stereocenters. The van der Waals surface area contributed by atoms with Crippen LogP contribution < -0.4 is 10.1 Å². The molecule has 1 saturated carbocycles. The van der Waals surface area contributed by atoms with Gasteiger partial charge in [-0.1, -0.05) is 31.5 Å². The second-order valence-corrected chi connectivity index (χ2v) is 5.98. The lowest BCUT2D eigenvalue weighted by molar-refractivity contribution is 0.251. The summed E-state index contributed by atoms with van der Waals surface area (Å²) >= 11 is 0. The van der Waals surface area contributed by atoms with Gasteiger partial charge in [-0.25, -0.2) is 0 Å². The Morgan fingerprint density at radius 1 is 1.16 bits per heavy atom. The Labute approximate surface area is 116 Å². The lowest BCUT2D eigenvalue weighted by Gasteiger charge is -2.34. The van der Waals surface area contributed by atoms with Crippen LogP contribution in [-0.2, 0) is 0 Å². The van der Waals surface area contributed by atoms with Crippen LogP contribution in [0.2, 0.25) is 0 Å². The third-order valence-electron chi connectivity index (χ3n) is 4.66. The number of benzene rings is 1. The minimum absolute atomic E-state index is 0.493. The first-order chi connectivity index (χ1) is 9.38. The first-order valence-electron chi connectivity index (χ1n) is 7.86. The van der Waals surface area contributed by atoms with Crippen LogP contribution in [0.25, 0.3) is 0 Å². The Hall–Kier alpha value is -1.02. The fourth-order valence-electron chi connectivity index (χ4n) is 3.68. The van der Waals surface area contributed by atoms with Crippen molar-refractivity contribution in [2.75, 3.05) is 6.61 Å². The van der Waals surface area contributed by atoms with Crippen LogP contribution in [0.4, 0.5) is 0 Å². The van der Waals surface area contributed by atoms with Crippen molar-refractivity contribution in [3.8, 4) is 5.75 Å². The monoisotopic (exact) mass is 259 g/mol. The highest BCUT2D eigenvalue weighted by atomic mass is 16.5.